The average molecular weight is 263 g/mol. The maximum absolute atomic E-state index is 5.78. The molecular formula is C12H17N5S. The molecule has 0 spiro atoms. The van der Waals surface area contributed by atoms with Crippen LogP contribution < -0.4 is 11.2 Å². The highest BCUT2D eigenvalue weighted by atomic mass is 32.1. The first kappa shape index (κ1) is 11.7. The fourth-order valence-corrected chi connectivity index (χ4v) is 2.98. The van der Waals surface area contributed by atoms with Gasteiger partial charge in [0.05, 0.1) is 10.2 Å². The zero-order chi connectivity index (χ0) is 12.5. The summed E-state index contributed by atoms with van der Waals surface area (Å²) in [6, 6.07) is 5.83. The van der Waals surface area contributed by atoms with Gasteiger partial charge in [0.1, 0.15) is 0 Å². The molecule has 1 saturated heterocycles. The van der Waals surface area contributed by atoms with Crippen LogP contribution in [0.1, 0.15) is 0 Å². The number of nitrogens with one attached hydrogen (secondary N) is 1. The molecule has 0 saturated carbocycles. The van der Waals surface area contributed by atoms with Crippen molar-refractivity contribution in [3.8, 4) is 0 Å². The van der Waals surface area contributed by atoms with Crippen molar-refractivity contribution in [1.29, 1.82) is 0 Å². The monoisotopic (exact) mass is 263 g/mol. The third-order valence-corrected chi connectivity index (χ3v) is 4.09. The first-order valence-corrected chi connectivity index (χ1v) is 6.88. The van der Waals surface area contributed by atoms with E-state index in [4.69, 9.17) is 5.73 Å². The number of benzene rings is 1. The van der Waals surface area contributed by atoms with Gasteiger partial charge in [0, 0.05) is 31.9 Å². The van der Waals surface area contributed by atoms with Crippen molar-refractivity contribution in [2.24, 2.45) is 0 Å². The van der Waals surface area contributed by atoms with Crippen LogP contribution in [0.25, 0.3) is 10.2 Å². The number of fused-ring (bicyclic) bond motifs is 1. The second-order valence-electron chi connectivity index (χ2n) is 4.65. The van der Waals surface area contributed by atoms with Crippen LogP contribution in [0.4, 0.5) is 10.8 Å². The molecule has 1 aliphatic rings. The van der Waals surface area contributed by atoms with E-state index < -0.39 is 0 Å². The summed E-state index contributed by atoms with van der Waals surface area (Å²) >= 11 is 1.65. The van der Waals surface area contributed by atoms with Crippen LogP contribution in [0.3, 0.4) is 0 Å². The average Bonchev–Trinajstić information content (AvgIpc) is 2.73. The lowest BCUT2D eigenvalue weighted by molar-refractivity contribution is 0.179. The summed E-state index contributed by atoms with van der Waals surface area (Å²) in [4.78, 5) is 6.89. The Labute approximate surface area is 110 Å². The van der Waals surface area contributed by atoms with E-state index in [2.05, 4.69) is 27.4 Å². The number of nitrogen functional groups attached to an aromatic ring is 1. The molecule has 3 rings (SSSR count). The summed E-state index contributed by atoms with van der Waals surface area (Å²) in [5, 5.41) is 3.17. The van der Waals surface area contributed by atoms with Gasteiger partial charge in [-0.1, -0.05) is 11.3 Å². The van der Waals surface area contributed by atoms with E-state index in [1.165, 1.54) is 0 Å². The predicted octanol–water partition coefficient (Wildman–Crippen LogP) is 1.45. The number of likely N-dealkylation sites (N-methyl/N-ethyl adjacent to an activating group) is 1. The smallest absolute Gasteiger partial charge is 0.198 e. The molecule has 18 heavy (non-hydrogen) atoms. The lowest BCUT2D eigenvalue weighted by Gasteiger charge is -2.32. The van der Waals surface area contributed by atoms with Crippen LogP contribution in [0.5, 0.6) is 0 Å². The Bertz CT molecular complexity index is 544. The van der Waals surface area contributed by atoms with Crippen molar-refractivity contribution in [3.05, 3.63) is 18.2 Å². The largest absolute Gasteiger partial charge is 0.399 e. The van der Waals surface area contributed by atoms with Crippen LogP contribution in [0.2, 0.25) is 0 Å². The van der Waals surface area contributed by atoms with E-state index >= 15 is 0 Å². The molecule has 1 aliphatic heterocycles. The van der Waals surface area contributed by atoms with Crippen molar-refractivity contribution in [1.82, 2.24) is 14.9 Å². The summed E-state index contributed by atoms with van der Waals surface area (Å²) < 4.78 is 1.13. The Morgan fingerprint density at radius 1 is 1.28 bits per heavy atom. The summed E-state index contributed by atoms with van der Waals surface area (Å²) in [5.74, 6) is 0. The van der Waals surface area contributed by atoms with Crippen molar-refractivity contribution in [2.75, 3.05) is 44.4 Å². The van der Waals surface area contributed by atoms with Crippen LogP contribution >= 0.6 is 11.3 Å². The molecule has 0 aliphatic carbocycles. The quantitative estimate of drug-likeness (QED) is 0.803. The maximum Gasteiger partial charge on any atom is 0.198 e. The highest BCUT2D eigenvalue weighted by molar-refractivity contribution is 7.22. The molecule has 2 heterocycles. The highest BCUT2D eigenvalue weighted by Gasteiger charge is 2.14. The second-order valence-corrected chi connectivity index (χ2v) is 5.68. The molecule has 1 aromatic carbocycles. The number of aromatic nitrogens is 1. The van der Waals surface area contributed by atoms with Gasteiger partial charge in [0.25, 0.3) is 0 Å². The zero-order valence-electron chi connectivity index (χ0n) is 10.4. The topological polar surface area (TPSA) is 57.4 Å². The van der Waals surface area contributed by atoms with Crippen molar-refractivity contribution in [2.45, 2.75) is 0 Å². The fourth-order valence-electron chi connectivity index (χ4n) is 2.04. The van der Waals surface area contributed by atoms with Gasteiger partial charge in [-0.3, -0.25) is 5.43 Å². The standard InChI is InChI=1S/C12H17N5S/c1-16-4-6-17(7-5-16)15-12-14-10-3-2-9(13)8-11(10)18-12/h2-3,8H,4-7,13H2,1H3,(H,14,15). The molecule has 0 bridgehead atoms. The van der Waals surface area contributed by atoms with E-state index in [1.54, 1.807) is 11.3 Å². The summed E-state index contributed by atoms with van der Waals surface area (Å²) in [6.07, 6.45) is 0. The van der Waals surface area contributed by atoms with E-state index in [9.17, 15) is 0 Å². The number of thiazole rings is 1. The Morgan fingerprint density at radius 3 is 2.83 bits per heavy atom. The molecule has 0 atom stereocenters. The summed E-state index contributed by atoms with van der Waals surface area (Å²) in [7, 11) is 2.15. The summed E-state index contributed by atoms with van der Waals surface area (Å²) in [6.45, 7) is 4.22. The minimum absolute atomic E-state index is 0.789. The molecule has 1 aromatic heterocycles. The zero-order valence-corrected chi connectivity index (χ0v) is 11.2. The SMILES string of the molecule is CN1CCN(Nc2nc3ccc(N)cc3s2)CC1. The number of hydrogen-bond acceptors (Lipinski definition) is 6. The van der Waals surface area contributed by atoms with Gasteiger partial charge in [-0.2, -0.15) is 0 Å². The van der Waals surface area contributed by atoms with Gasteiger partial charge < -0.3 is 10.6 Å². The third-order valence-electron chi connectivity index (χ3n) is 3.17. The van der Waals surface area contributed by atoms with Crippen molar-refractivity contribution >= 4 is 32.4 Å². The fraction of sp³-hybridized carbons (Fsp3) is 0.417. The van der Waals surface area contributed by atoms with E-state index in [0.29, 0.717) is 0 Å². The first-order chi connectivity index (χ1) is 8.70. The number of hydrogen-bond donors (Lipinski definition) is 2. The number of hydrazine groups is 1. The molecule has 0 radical (unpaired) electrons. The molecule has 5 nitrogen and oxygen atoms in total. The molecule has 3 N–H and O–H groups in total. The lowest BCUT2D eigenvalue weighted by atomic mass is 10.3. The van der Waals surface area contributed by atoms with E-state index in [0.717, 1.165) is 47.2 Å². The highest BCUT2D eigenvalue weighted by Crippen LogP contribution is 2.27. The Kier molecular flexibility index (Phi) is 3.07. The Balaban J connectivity index is 1.74. The number of nitrogens with two attached hydrogens (primary N) is 1. The lowest BCUT2D eigenvalue weighted by Crippen LogP contribution is -2.46. The minimum Gasteiger partial charge on any atom is -0.399 e. The normalized spacial score (nSPS) is 18.3. The number of piperazine rings is 1. The molecule has 6 heteroatoms. The molecule has 0 unspecified atom stereocenters. The molecule has 1 fully saturated rings. The Morgan fingerprint density at radius 2 is 2.06 bits per heavy atom. The van der Waals surface area contributed by atoms with Crippen LogP contribution in [-0.2, 0) is 0 Å². The predicted molar refractivity (Wildman–Crippen MR) is 76.7 cm³/mol. The van der Waals surface area contributed by atoms with Crippen LogP contribution in [-0.4, -0.2) is 48.1 Å². The number of anilines is 2. The molecule has 0 amide bonds. The van der Waals surface area contributed by atoms with Gasteiger partial charge in [-0.05, 0) is 25.2 Å². The first-order valence-electron chi connectivity index (χ1n) is 6.07. The maximum atomic E-state index is 5.78. The van der Waals surface area contributed by atoms with Gasteiger partial charge in [0.2, 0.25) is 0 Å². The summed E-state index contributed by atoms with van der Waals surface area (Å²) in [5.41, 5.74) is 11.0. The van der Waals surface area contributed by atoms with Gasteiger partial charge >= 0.3 is 0 Å². The van der Waals surface area contributed by atoms with E-state index in [1.807, 2.05) is 18.2 Å². The van der Waals surface area contributed by atoms with Crippen LogP contribution in [0, 0.1) is 0 Å². The van der Waals surface area contributed by atoms with Crippen molar-refractivity contribution in [3.63, 3.8) is 0 Å². The van der Waals surface area contributed by atoms with Crippen molar-refractivity contribution < 1.29 is 0 Å². The van der Waals surface area contributed by atoms with Gasteiger partial charge in [0.15, 0.2) is 5.13 Å². The van der Waals surface area contributed by atoms with Gasteiger partial charge in [-0.25, -0.2) is 9.99 Å². The second kappa shape index (κ2) is 4.72. The third kappa shape index (κ3) is 2.40. The molecule has 96 valence electrons. The Hall–Kier alpha value is -1.37. The molecular weight excluding hydrogens is 246 g/mol. The van der Waals surface area contributed by atoms with Gasteiger partial charge in [-0.15, -0.1) is 0 Å². The number of rotatable bonds is 2. The van der Waals surface area contributed by atoms with Crippen LogP contribution in [0.15, 0.2) is 18.2 Å². The number of nitrogens with zero attached hydrogens (tertiary/aromatic N) is 3. The van der Waals surface area contributed by atoms with E-state index in [-0.39, 0.29) is 0 Å². The minimum atomic E-state index is 0.789. The molecule has 2 aromatic rings.